The van der Waals surface area contributed by atoms with Crippen LogP contribution >= 0.6 is 23.1 Å². The van der Waals surface area contributed by atoms with Crippen LogP contribution in [0.5, 0.6) is 0 Å². The van der Waals surface area contributed by atoms with Crippen LogP contribution in [0.15, 0.2) is 17.5 Å². The SMILES string of the molecule is CN(CCCN(C)C(C(=O)NCC1CCCO1)c1csnn1)C(=O)c1ccc(Cl)nn1. The normalized spacial score (nSPS) is 17.0. The number of ether oxygens (including phenoxy) is 1. The molecular weight excluding hydrogens is 442 g/mol. The summed E-state index contributed by atoms with van der Waals surface area (Å²) in [4.78, 5) is 28.8. The molecule has 2 amide bonds. The van der Waals surface area contributed by atoms with Crippen LogP contribution in [0.25, 0.3) is 0 Å². The van der Waals surface area contributed by atoms with Gasteiger partial charge in [-0.05, 0) is 50.0 Å². The van der Waals surface area contributed by atoms with Gasteiger partial charge in [-0.2, -0.15) is 0 Å². The number of aromatic nitrogens is 4. The lowest BCUT2D eigenvalue weighted by Crippen LogP contribution is -2.42. The minimum Gasteiger partial charge on any atom is -0.376 e. The topological polar surface area (TPSA) is 113 Å². The maximum Gasteiger partial charge on any atom is 0.274 e. The molecule has 1 N–H and O–H groups in total. The Balaban J connectivity index is 1.52. The molecule has 168 valence electrons. The first-order chi connectivity index (χ1) is 15.0. The third kappa shape index (κ3) is 6.63. The molecule has 2 unspecified atom stereocenters. The molecule has 0 bridgehead atoms. The molecule has 2 aromatic heterocycles. The van der Waals surface area contributed by atoms with Gasteiger partial charge in [0.2, 0.25) is 5.91 Å². The first-order valence-corrected chi connectivity index (χ1v) is 11.3. The summed E-state index contributed by atoms with van der Waals surface area (Å²) in [5.74, 6) is -0.368. The van der Waals surface area contributed by atoms with Crippen molar-refractivity contribution in [3.05, 3.63) is 34.1 Å². The molecule has 3 heterocycles. The Hall–Kier alpha value is -2.21. The molecule has 31 heavy (non-hydrogen) atoms. The van der Waals surface area contributed by atoms with Crippen molar-refractivity contribution in [3.63, 3.8) is 0 Å². The van der Waals surface area contributed by atoms with Crippen molar-refractivity contribution in [2.75, 3.05) is 40.3 Å². The maximum atomic E-state index is 12.9. The highest BCUT2D eigenvalue weighted by Gasteiger charge is 2.28. The quantitative estimate of drug-likeness (QED) is 0.558. The van der Waals surface area contributed by atoms with E-state index in [2.05, 4.69) is 25.1 Å². The molecule has 0 radical (unpaired) electrons. The molecule has 2 aromatic rings. The number of carbonyl (C=O) groups is 2. The van der Waals surface area contributed by atoms with Gasteiger partial charge in [-0.3, -0.25) is 14.5 Å². The second-order valence-electron chi connectivity index (χ2n) is 7.41. The smallest absolute Gasteiger partial charge is 0.274 e. The number of carbonyl (C=O) groups excluding carboxylic acids is 2. The minimum atomic E-state index is -0.553. The predicted octanol–water partition coefficient (Wildman–Crippen LogP) is 1.41. The first kappa shape index (κ1) is 23.5. The van der Waals surface area contributed by atoms with E-state index in [1.807, 2.05) is 11.9 Å². The zero-order valence-corrected chi connectivity index (χ0v) is 19.1. The largest absolute Gasteiger partial charge is 0.376 e. The summed E-state index contributed by atoms with van der Waals surface area (Å²) < 4.78 is 9.48. The van der Waals surface area contributed by atoms with E-state index >= 15 is 0 Å². The monoisotopic (exact) mass is 467 g/mol. The van der Waals surface area contributed by atoms with Crippen LogP contribution in [0.4, 0.5) is 0 Å². The number of nitrogens with zero attached hydrogens (tertiary/aromatic N) is 6. The van der Waals surface area contributed by atoms with E-state index in [0.717, 1.165) is 19.4 Å². The van der Waals surface area contributed by atoms with Gasteiger partial charge < -0.3 is 15.0 Å². The van der Waals surface area contributed by atoms with Crippen molar-refractivity contribution in [2.24, 2.45) is 0 Å². The fourth-order valence-electron chi connectivity index (χ4n) is 3.38. The zero-order chi connectivity index (χ0) is 22.2. The number of rotatable bonds is 10. The van der Waals surface area contributed by atoms with E-state index in [4.69, 9.17) is 16.3 Å². The van der Waals surface area contributed by atoms with Gasteiger partial charge >= 0.3 is 0 Å². The average molecular weight is 468 g/mol. The lowest BCUT2D eigenvalue weighted by Gasteiger charge is -2.27. The van der Waals surface area contributed by atoms with E-state index in [9.17, 15) is 9.59 Å². The van der Waals surface area contributed by atoms with Crippen molar-refractivity contribution < 1.29 is 14.3 Å². The number of nitrogens with one attached hydrogen (secondary N) is 1. The van der Waals surface area contributed by atoms with Gasteiger partial charge in [-0.1, -0.05) is 16.1 Å². The molecule has 0 aliphatic carbocycles. The van der Waals surface area contributed by atoms with E-state index in [-0.39, 0.29) is 28.8 Å². The summed E-state index contributed by atoms with van der Waals surface area (Å²) in [7, 11) is 3.57. The van der Waals surface area contributed by atoms with Crippen LogP contribution in [0, 0.1) is 0 Å². The molecule has 0 saturated carbocycles. The van der Waals surface area contributed by atoms with E-state index in [1.54, 1.807) is 23.4 Å². The fraction of sp³-hybridized carbons (Fsp3) is 0.579. The first-order valence-electron chi connectivity index (χ1n) is 10.1. The van der Waals surface area contributed by atoms with E-state index < -0.39 is 6.04 Å². The van der Waals surface area contributed by atoms with Gasteiger partial charge in [0.25, 0.3) is 5.91 Å². The summed E-state index contributed by atoms with van der Waals surface area (Å²) >= 11 is 6.93. The molecule has 1 fully saturated rings. The third-order valence-corrected chi connectivity index (χ3v) is 5.80. The van der Waals surface area contributed by atoms with E-state index in [0.29, 0.717) is 31.7 Å². The van der Waals surface area contributed by atoms with Crippen molar-refractivity contribution in [2.45, 2.75) is 31.4 Å². The van der Waals surface area contributed by atoms with Crippen molar-refractivity contribution in [1.82, 2.24) is 34.9 Å². The molecular formula is C19H26ClN7O3S. The van der Waals surface area contributed by atoms with Gasteiger partial charge in [0.05, 0.1) is 6.10 Å². The maximum absolute atomic E-state index is 12.9. The molecule has 10 nitrogen and oxygen atoms in total. The highest BCUT2D eigenvalue weighted by Crippen LogP contribution is 2.19. The van der Waals surface area contributed by atoms with Crippen molar-refractivity contribution in [3.8, 4) is 0 Å². The Morgan fingerprint density at radius 2 is 2.13 bits per heavy atom. The van der Waals surface area contributed by atoms with E-state index in [1.165, 1.54) is 17.6 Å². The van der Waals surface area contributed by atoms with Crippen LogP contribution in [-0.4, -0.2) is 87.8 Å². The Labute approximate surface area is 190 Å². The van der Waals surface area contributed by atoms with Crippen LogP contribution < -0.4 is 5.32 Å². The molecule has 1 aliphatic heterocycles. The number of halogens is 1. The summed E-state index contributed by atoms with van der Waals surface area (Å²) in [5, 5.41) is 16.6. The summed E-state index contributed by atoms with van der Waals surface area (Å²) in [6.07, 6.45) is 2.71. The fourth-order valence-corrected chi connectivity index (χ4v) is 3.95. The van der Waals surface area contributed by atoms with Crippen LogP contribution in [0.2, 0.25) is 5.15 Å². The molecule has 1 aliphatic rings. The van der Waals surface area contributed by atoms with Gasteiger partial charge in [0.1, 0.15) is 11.7 Å². The standard InChI is InChI=1S/C19H26ClN7O3S/c1-26(8-4-9-27(2)19(29)14-6-7-16(20)24-22-14)17(15-12-31-25-23-15)18(28)21-11-13-5-3-10-30-13/h6-7,12-13,17H,3-5,8-11H2,1-2H3,(H,21,28). The Bertz CT molecular complexity index is 847. The average Bonchev–Trinajstić information content (AvgIpc) is 3.47. The molecule has 0 aromatic carbocycles. The highest BCUT2D eigenvalue weighted by atomic mass is 35.5. The van der Waals surface area contributed by atoms with Gasteiger partial charge in [-0.15, -0.1) is 15.3 Å². The van der Waals surface area contributed by atoms with Crippen LogP contribution in [0.1, 0.15) is 41.5 Å². The van der Waals surface area contributed by atoms with Crippen molar-refractivity contribution in [1.29, 1.82) is 0 Å². The number of likely N-dealkylation sites (N-methyl/N-ethyl adjacent to an activating group) is 1. The second kappa shape index (κ2) is 11.4. The Morgan fingerprint density at radius 1 is 1.29 bits per heavy atom. The predicted molar refractivity (Wildman–Crippen MR) is 116 cm³/mol. The summed E-state index contributed by atoms with van der Waals surface area (Å²) in [5.41, 5.74) is 0.846. The highest BCUT2D eigenvalue weighted by molar-refractivity contribution is 7.03. The zero-order valence-electron chi connectivity index (χ0n) is 17.5. The molecule has 12 heteroatoms. The van der Waals surface area contributed by atoms with Crippen LogP contribution in [0.3, 0.4) is 0 Å². The summed E-state index contributed by atoms with van der Waals surface area (Å²) in [6.45, 7) is 2.31. The Kier molecular flexibility index (Phi) is 8.64. The lowest BCUT2D eigenvalue weighted by molar-refractivity contribution is -0.126. The molecule has 1 saturated heterocycles. The summed E-state index contributed by atoms with van der Waals surface area (Å²) in [6, 6.07) is 2.53. The third-order valence-electron chi connectivity index (χ3n) is 5.08. The molecule has 0 spiro atoms. The number of hydrogen-bond acceptors (Lipinski definition) is 9. The van der Waals surface area contributed by atoms with Gasteiger partial charge in [-0.25, -0.2) is 0 Å². The molecule has 2 atom stereocenters. The van der Waals surface area contributed by atoms with Crippen LogP contribution in [-0.2, 0) is 9.53 Å². The second-order valence-corrected chi connectivity index (χ2v) is 8.41. The van der Waals surface area contributed by atoms with Gasteiger partial charge in [0, 0.05) is 38.7 Å². The number of hydrogen-bond donors (Lipinski definition) is 1. The Morgan fingerprint density at radius 3 is 2.77 bits per heavy atom. The minimum absolute atomic E-state index is 0.0686. The number of amides is 2. The van der Waals surface area contributed by atoms with Gasteiger partial charge in [0.15, 0.2) is 10.8 Å². The lowest BCUT2D eigenvalue weighted by atomic mass is 10.1. The van der Waals surface area contributed by atoms with Crippen molar-refractivity contribution >= 4 is 34.9 Å². The molecule has 3 rings (SSSR count).